The van der Waals surface area contributed by atoms with Gasteiger partial charge >= 0.3 is 0 Å². The number of carbonyl (C=O) groups is 1. The average Bonchev–Trinajstić information content (AvgIpc) is 3.03. The van der Waals surface area contributed by atoms with E-state index in [1.54, 1.807) is 11.0 Å². The van der Waals surface area contributed by atoms with Crippen molar-refractivity contribution in [1.82, 2.24) is 20.1 Å². The summed E-state index contributed by atoms with van der Waals surface area (Å²) in [5.74, 6) is -0.00105. The first-order chi connectivity index (χ1) is 9.83. The van der Waals surface area contributed by atoms with Gasteiger partial charge in [0.15, 0.2) is 0 Å². The number of carbonyl (C=O) groups excluding carboxylic acids is 1. The fraction of sp³-hybridized carbons (Fsp3) is 0.400. The molecule has 1 heterocycles. The van der Waals surface area contributed by atoms with E-state index in [9.17, 15) is 4.79 Å². The summed E-state index contributed by atoms with van der Waals surface area (Å²) in [5.41, 5.74) is 1.52. The topological polar surface area (TPSA) is 59.8 Å². The third-order valence-corrected chi connectivity index (χ3v) is 3.73. The summed E-state index contributed by atoms with van der Waals surface area (Å²) < 4.78 is 1.65. The Morgan fingerprint density at radius 1 is 1.25 bits per heavy atom. The van der Waals surface area contributed by atoms with Gasteiger partial charge in [0.1, 0.15) is 12.7 Å². The van der Waals surface area contributed by atoms with Crippen LogP contribution in [0.4, 0.5) is 0 Å². The lowest BCUT2D eigenvalue weighted by atomic mass is 9.95. The van der Waals surface area contributed by atoms with Crippen LogP contribution in [0.2, 0.25) is 0 Å². The minimum absolute atomic E-state index is 0.00105. The molecule has 1 aliphatic carbocycles. The van der Waals surface area contributed by atoms with Gasteiger partial charge in [-0.2, -0.15) is 5.10 Å². The van der Waals surface area contributed by atoms with Crippen molar-refractivity contribution in [2.45, 2.75) is 38.1 Å². The van der Waals surface area contributed by atoms with Gasteiger partial charge in [-0.05, 0) is 31.0 Å². The molecule has 0 unspecified atom stereocenters. The van der Waals surface area contributed by atoms with E-state index in [2.05, 4.69) is 15.4 Å². The normalized spacial score (nSPS) is 16.0. The Bertz CT molecular complexity index is 573. The molecule has 1 aliphatic rings. The fourth-order valence-corrected chi connectivity index (χ4v) is 2.65. The van der Waals surface area contributed by atoms with Crippen LogP contribution in [0.25, 0.3) is 5.69 Å². The molecule has 3 rings (SSSR count). The summed E-state index contributed by atoms with van der Waals surface area (Å²) in [5, 5.41) is 7.20. The number of aromatic nitrogens is 3. The quantitative estimate of drug-likeness (QED) is 0.931. The Morgan fingerprint density at radius 3 is 2.85 bits per heavy atom. The molecule has 1 amide bonds. The molecule has 104 valence electrons. The Morgan fingerprint density at radius 2 is 2.10 bits per heavy atom. The SMILES string of the molecule is O=C(NC1CCCCC1)c1cccc(-n2cncn2)c1. The lowest BCUT2D eigenvalue weighted by molar-refractivity contribution is 0.0927. The molecule has 2 aromatic rings. The molecule has 1 fully saturated rings. The van der Waals surface area contributed by atoms with Crippen LogP contribution in [-0.4, -0.2) is 26.7 Å². The summed E-state index contributed by atoms with van der Waals surface area (Å²) in [4.78, 5) is 16.2. The molecule has 0 saturated heterocycles. The molecule has 1 aromatic heterocycles. The van der Waals surface area contributed by atoms with Gasteiger partial charge < -0.3 is 5.32 Å². The van der Waals surface area contributed by atoms with Gasteiger partial charge in [0.25, 0.3) is 5.91 Å². The van der Waals surface area contributed by atoms with E-state index in [1.165, 1.54) is 25.6 Å². The molecule has 0 bridgehead atoms. The van der Waals surface area contributed by atoms with E-state index in [0.29, 0.717) is 11.6 Å². The van der Waals surface area contributed by atoms with Gasteiger partial charge in [-0.3, -0.25) is 4.79 Å². The minimum Gasteiger partial charge on any atom is -0.349 e. The van der Waals surface area contributed by atoms with Crippen molar-refractivity contribution in [2.24, 2.45) is 0 Å². The zero-order valence-electron chi connectivity index (χ0n) is 11.3. The zero-order chi connectivity index (χ0) is 13.8. The summed E-state index contributed by atoms with van der Waals surface area (Å²) in [6.45, 7) is 0. The molecule has 5 heteroatoms. The Labute approximate surface area is 118 Å². The van der Waals surface area contributed by atoms with Gasteiger partial charge in [-0.15, -0.1) is 0 Å². The van der Waals surface area contributed by atoms with Crippen LogP contribution in [-0.2, 0) is 0 Å². The second-order valence-electron chi connectivity index (χ2n) is 5.20. The Hall–Kier alpha value is -2.17. The van der Waals surface area contributed by atoms with Crippen molar-refractivity contribution < 1.29 is 4.79 Å². The van der Waals surface area contributed by atoms with E-state index < -0.39 is 0 Å². The average molecular weight is 270 g/mol. The second kappa shape index (κ2) is 5.86. The van der Waals surface area contributed by atoms with Gasteiger partial charge in [-0.25, -0.2) is 9.67 Å². The van der Waals surface area contributed by atoms with Crippen LogP contribution >= 0.6 is 0 Å². The molecule has 0 atom stereocenters. The maximum Gasteiger partial charge on any atom is 0.251 e. The molecule has 1 N–H and O–H groups in total. The third-order valence-electron chi connectivity index (χ3n) is 3.73. The number of hydrogen-bond donors (Lipinski definition) is 1. The molecule has 0 spiro atoms. The van der Waals surface area contributed by atoms with Crippen molar-refractivity contribution >= 4 is 5.91 Å². The van der Waals surface area contributed by atoms with E-state index in [-0.39, 0.29) is 5.91 Å². The Balaban J connectivity index is 1.73. The van der Waals surface area contributed by atoms with Crippen LogP contribution in [0.15, 0.2) is 36.9 Å². The first-order valence-electron chi connectivity index (χ1n) is 7.09. The maximum absolute atomic E-state index is 12.3. The summed E-state index contributed by atoms with van der Waals surface area (Å²) in [7, 11) is 0. The summed E-state index contributed by atoms with van der Waals surface area (Å²) in [6.07, 6.45) is 9.00. The van der Waals surface area contributed by atoms with E-state index >= 15 is 0 Å². The predicted octanol–water partition coefficient (Wildman–Crippen LogP) is 2.33. The van der Waals surface area contributed by atoms with Crippen molar-refractivity contribution in [3.8, 4) is 5.69 Å². The second-order valence-corrected chi connectivity index (χ2v) is 5.20. The standard InChI is InChI=1S/C15H18N4O/c20-15(18-13-6-2-1-3-7-13)12-5-4-8-14(9-12)19-11-16-10-17-19/h4-5,8-11,13H,1-3,6-7H2,(H,18,20). The van der Waals surface area contributed by atoms with Crippen LogP contribution in [0.3, 0.4) is 0 Å². The molecule has 1 saturated carbocycles. The lowest BCUT2D eigenvalue weighted by Gasteiger charge is -2.22. The summed E-state index contributed by atoms with van der Waals surface area (Å²) >= 11 is 0. The van der Waals surface area contributed by atoms with Crippen LogP contribution in [0, 0.1) is 0 Å². The van der Waals surface area contributed by atoms with Crippen LogP contribution < -0.4 is 5.32 Å². The number of nitrogens with zero attached hydrogens (tertiary/aromatic N) is 3. The number of nitrogens with one attached hydrogen (secondary N) is 1. The molecular formula is C15H18N4O. The van der Waals surface area contributed by atoms with Crippen molar-refractivity contribution in [1.29, 1.82) is 0 Å². The van der Waals surface area contributed by atoms with Gasteiger partial charge in [0.2, 0.25) is 0 Å². The maximum atomic E-state index is 12.3. The van der Waals surface area contributed by atoms with E-state index in [4.69, 9.17) is 0 Å². The number of benzene rings is 1. The van der Waals surface area contributed by atoms with Gasteiger partial charge in [0, 0.05) is 11.6 Å². The van der Waals surface area contributed by atoms with Crippen molar-refractivity contribution in [2.75, 3.05) is 0 Å². The first-order valence-corrected chi connectivity index (χ1v) is 7.09. The molecular weight excluding hydrogens is 252 g/mol. The molecule has 0 radical (unpaired) electrons. The highest BCUT2D eigenvalue weighted by Gasteiger charge is 2.16. The van der Waals surface area contributed by atoms with Crippen LogP contribution in [0.1, 0.15) is 42.5 Å². The smallest absolute Gasteiger partial charge is 0.251 e. The zero-order valence-corrected chi connectivity index (χ0v) is 11.3. The third kappa shape index (κ3) is 2.87. The largest absolute Gasteiger partial charge is 0.349 e. The van der Waals surface area contributed by atoms with Gasteiger partial charge in [0.05, 0.1) is 5.69 Å². The molecule has 5 nitrogen and oxygen atoms in total. The number of hydrogen-bond acceptors (Lipinski definition) is 3. The first kappa shape index (κ1) is 12.8. The predicted molar refractivity (Wildman–Crippen MR) is 75.7 cm³/mol. The Kier molecular flexibility index (Phi) is 3.76. The molecule has 20 heavy (non-hydrogen) atoms. The highest BCUT2D eigenvalue weighted by Crippen LogP contribution is 2.18. The highest BCUT2D eigenvalue weighted by molar-refractivity contribution is 5.94. The summed E-state index contributed by atoms with van der Waals surface area (Å²) in [6, 6.07) is 7.77. The fourth-order valence-electron chi connectivity index (χ4n) is 2.65. The minimum atomic E-state index is -0.00105. The molecule has 1 aromatic carbocycles. The van der Waals surface area contributed by atoms with E-state index in [0.717, 1.165) is 18.5 Å². The van der Waals surface area contributed by atoms with Crippen molar-refractivity contribution in [3.05, 3.63) is 42.5 Å². The van der Waals surface area contributed by atoms with Crippen LogP contribution in [0.5, 0.6) is 0 Å². The van der Waals surface area contributed by atoms with Gasteiger partial charge in [-0.1, -0.05) is 25.3 Å². The van der Waals surface area contributed by atoms with E-state index in [1.807, 2.05) is 24.3 Å². The van der Waals surface area contributed by atoms with Crippen molar-refractivity contribution in [3.63, 3.8) is 0 Å². The lowest BCUT2D eigenvalue weighted by Crippen LogP contribution is -2.36. The number of amides is 1. The molecule has 0 aliphatic heterocycles. The number of rotatable bonds is 3. The highest BCUT2D eigenvalue weighted by atomic mass is 16.1. The monoisotopic (exact) mass is 270 g/mol.